The van der Waals surface area contributed by atoms with E-state index >= 15 is 0 Å². The molecular weight excluding hydrogens is 581 g/mol. The second-order valence-electron chi connectivity index (χ2n) is 11.6. The topological polar surface area (TPSA) is 53.1 Å². The van der Waals surface area contributed by atoms with Crippen molar-refractivity contribution in [3.8, 4) is 11.8 Å². The summed E-state index contributed by atoms with van der Waals surface area (Å²) >= 11 is 1.86. The second kappa shape index (κ2) is 10.6. The molecular formula is C41H26N4S. The number of para-hydroxylation sites is 1. The Labute approximate surface area is 269 Å². The molecule has 1 aliphatic rings. The van der Waals surface area contributed by atoms with Crippen molar-refractivity contribution in [3.05, 3.63) is 168 Å². The van der Waals surface area contributed by atoms with Gasteiger partial charge in [-0.1, -0.05) is 103 Å². The normalized spacial score (nSPS) is 14.7. The molecule has 1 aliphatic heterocycles. The lowest BCUT2D eigenvalue weighted by atomic mass is 10.0. The number of nitrogens with one attached hydrogen (secondary N) is 1. The number of fused-ring (bicyclic) bond motifs is 7. The molecule has 46 heavy (non-hydrogen) atoms. The number of hydrogen-bond donors (Lipinski definition) is 1. The number of allylic oxidation sites excluding steroid dienone is 1. The molecule has 1 atom stereocenters. The van der Waals surface area contributed by atoms with E-state index in [2.05, 4.69) is 119 Å². The fraction of sp³-hybridized carbons (Fsp3) is 0.0244. The zero-order valence-electron chi connectivity index (χ0n) is 24.7. The Morgan fingerprint density at radius 1 is 0.674 bits per heavy atom. The maximum absolute atomic E-state index is 9.53. The van der Waals surface area contributed by atoms with E-state index < -0.39 is 0 Å². The van der Waals surface area contributed by atoms with Crippen LogP contribution in [0.25, 0.3) is 53.4 Å². The fourth-order valence-electron chi connectivity index (χ4n) is 6.69. The minimum absolute atomic E-state index is 0.289. The van der Waals surface area contributed by atoms with Crippen LogP contribution in [0, 0.1) is 11.3 Å². The lowest BCUT2D eigenvalue weighted by molar-refractivity contribution is 0.664. The molecule has 8 aromatic rings. The molecule has 0 fully saturated rings. The van der Waals surface area contributed by atoms with Crippen molar-refractivity contribution in [1.82, 2.24) is 9.88 Å². The van der Waals surface area contributed by atoms with Crippen LogP contribution in [0.3, 0.4) is 0 Å². The van der Waals surface area contributed by atoms with E-state index in [1.807, 2.05) is 53.8 Å². The summed E-state index contributed by atoms with van der Waals surface area (Å²) in [5.74, 6) is 0. The Balaban J connectivity index is 1.18. The third kappa shape index (κ3) is 4.23. The predicted octanol–water partition coefficient (Wildman–Crippen LogP) is 10.2. The Hall–Kier alpha value is -5.96. The van der Waals surface area contributed by atoms with Crippen LogP contribution in [-0.4, -0.2) is 10.3 Å². The van der Waals surface area contributed by atoms with Gasteiger partial charge in [-0.15, -0.1) is 11.3 Å². The van der Waals surface area contributed by atoms with E-state index in [0.29, 0.717) is 5.56 Å². The molecule has 1 N–H and O–H groups in total. The van der Waals surface area contributed by atoms with Gasteiger partial charge in [-0.3, -0.25) is 4.99 Å². The van der Waals surface area contributed by atoms with Crippen molar-refractivity contribution in [2.24, 2.45) is 4.99 Å². The lowest BCUT2D eigenvalue weighted by Gasteiger charge is -2.25. The Morgan fingerprint density at radius 2 is 1.41 bits per heavy atom. The Kier molecular flexibility index (Phi) is 6.09. The van der Waals surface area contributed by atoms with Crippen molar-refractivity contribution in [2.75, 3.05) is 0 Å². The van der Waals surface area contributed by atoms with Crippen LogP contribution < -0.4 is 5.32 Å². The van der Waals surface area contributed by atoms with Crippen LogP contribution >= 0.6 is 11.3 Å². The van der Waals surface area contributed by atoms with Crippen LogP contribution in [0.4, 0.5) is 0 Å². The Bertz CT molecular complexity index is 2560. The zero-order valence-corrected chi connectivity index (χ0v) is 25.5. The number of hydrogen-bond acceptors (Lipinski definition) is 4. The summed E-state index contributed by atoms with van der Waals surface area (Å²) in [6.45, 7) is 0. The predicted molar refractivity (Wildman–Crippen MR) is 192 cm³/mol. The van der Waals surface area contributed by atoms with Gasteiger partial charge in [0.2, 0.25) is 0 Å². The molecule has 5 heteroatoms. The molecule has 0 saturated carbocycles. The van der Waals surface area contributed by atoms with E-state index in [1.165, 1.54) is 42.0 Å². The van der Waals surface area contributed by atoms with E-state index in [9.17, 15) is 5.26 Å². The van der Waals surface area contributed by atoms with Gasteiger partial charge in [-0.2, -0.15) is 5.26 Å². The van der Waals surface area contributed by atoms with Crippen LogP contribution in [0.5, 0.6) is 0 Å². The fourth-order valence-corrected chi connectivity index (χ4v) is 7.93. The average molecular weight is 607 g/mol. The van der Waals surface area contributed by atoms with E-state index in [1.54, 1.807) is 0 Å². The first-order chi connectivity index (χ1) is 22.7. The molecule has 216 valence electrons. The van der Waals surface area contributed by atoms with E-state index in [4.69, 9.17) is 4.99 Å². The van der Waals surface area contributed by atoms with Gasteiger partial charge in [-0.25, -0.2) is 0 Å². The van der Waals surface area contributed by atoms with E-state index in [0.717, 1.165) is 33.8 Å². The monoisotopic (exact) mass is 606 g/mol. The van der Waals surface area contributed by atoms with Gasteiger partial charge >= 0.3 is 0 Å². The molecule has 2 aromatic heterocycles. The third-order valence-electron chi connectivity index (χ3n) is 8.86. The number of benzene rings is 6. The van der Waals surface area contributed by atoms with Crippen LogP contribution in [0.15, 0.2) is 151 Å². The second-order valence-corrected chi connectivity index (χ2v) is 12.6. The molecule has 0 bridgehead atoms. The largest absolute Gasteiger partial charge is 0.360 e. The van der Waals surface area contributed by atoms with Crippen molar-refractivity contribution in [1.29, 1.82) is 5.26 Å². The van der Waals surface area contributed by atoms with Gasteiger partial charge in [0.1, 0.15) is 6.17 Å². The van der Waals surface area contributed by atoms with Gasteiger partial charge in [0.15, 0.2) is 0 Å². The number of aliphatic imine (C=N–C) groups is 1. The van der Waals surface area contributed by atoms with Gasteiger partial charge in [0, 0.05) is 43.2 Å². The van der Waals surface area contributed by atoms with Gasteiger partial charge in [-0.05, 0) is 53.6 Å². The van der Waals surface area contributed by atoms with Gasteiger partial charge in [0.05, 0.1) is 33.1 Å². The van der Waals surface area contributed by atoms with Crippen molar-refractivity contribution in [3.63, 3.8) is 0 Å². The molecule has 0 amide bonds. The number of nitrogens with zero attached hydrogens (tertiary/aromatic N) is 3. The van der Waals surface area contributed by atoms with Crippen LogP contribution in [0.1, 0.15) is 28.4 Å². The maximum Gasteiger partial charge on any atom is 0.145 e. The molecule has 0 radical (unpaired) electrons. The maximum atomic E-state index is 9.53. The Morgan fingerprint density at radius 3 is 2.26 bits per heavy atom. The highest BCUT2D eigenvalue weighted by Crippen LogP contribution is 2.43. The summed E-state index contributed by atoms with van der Waals surface area (Å²) in [7, 11) is 0. The molecule has 0 spiro atoms. The van der Waals surface area contributed by atoms with Gasteiger partial charge in [0.25, 0.3) is 0 Å². The minimum Gasteiger partial charge on any atom is -0.360 e. The molecule has 0 aliphatic carbocycles. The molecule has 4 nitrogen and oxygen atoms in total. The highest BCUT2D eigenvalue weighted by molar-refractivity contribution is 7.26. The van der Waals surface area contributed by atoms with Gasteiger partial charge < -0.3 is 9.88 Å². The highest BCUT2D eigenvalue weighted by atomic mass is 32.1. The first-order valence-corrected chi connectivity index (χ1v) is 16.1. The third-order valence-corrected chi connectivity index (χ3v) is 10.1. The standard InChI is InChI=1S/C41H26N4S/c42-25-26-9-8-12-29(23-26)36-24-35(27-10-2-1-3-11-27)43-41(44-36)28-17-19-30(20-18-28)45-37-15-6-4-13-31(37)33-21-22-34-32-14-5-7-16-38(32)46-40(34)39(33)45/h1-24,41,43H. The first kappa shape index (κ1) is 26.4. The number of thiophene rings is 1. The summed E-state index contributed by atoms with van der Waals surface area (Å²) in [6.07, 6.45) is 1.79. The zero-order chi connectivity index (χ0) is 30.6. The average Bonchev–Trinajstić information content (AvgIpc) is 3.68. The van der Waals surface area contributed by atoms with Crippen LogP contribution in [-0.2, 0) is 0 Å². The molecule has 1 unspecified atom stereocenters. The molecule has 3 heterocycles. The summed E-state index contributed by atoms with van der Waals surface area (Å²) in [6, 6.07) is 50.9. The molecule has 9 rings (SSSR count). The van der Waals surface area contributed by atoms with E-state index in [-0.39, 0.29) is 6.17 Å². The van der Waals surface area contributed by atoms with Crippen molar-refractivity contribution < 1.29 is 0 Å². The summed E-state index contributed by atoms with van der Waals surface area (Å²) in [4.78, 5) is 5.15. The van der Waals surface area contributed by atoms with Crippen molar-refractivity contribution >= 4 is 64.7 Å². The van der Waals surface area contributed by atoms with Crippen molar-refractivity contribution in [2.45, 2.75) is 6.17 Å². The summed E-state index contributed by atoms with van der Waals surface area (Å²) in [5, 5.41) is 18.3. The summed E-state index contributed by atoms with van der Waals surface area (Å²) < 4.78 is 5.02. The number of aromatic nitrogens is 1. The minimum atomic E-state index is -0.289. The first-order valence-electron chi connectivity index (χ1n) is 15.3. The summed E-state index contributed by atoms with van der Waals surface area (Å²) in [5.41, 5.74) is 9.09. The lowest BCUT2D eigenvalue weighted by Crippen LogP contribution is -2.24. The van der Waals surface area contributed by atoms with Crippen LogP contribution in [0.2, 0.25) is 0 Å². The molecule has 0 saturated heterocycles. The number of rotatable bonds is 4. The highest BCUT2D eigenvalue weighted by Gasteiger charge is 2.21. The SMILES string of the molecule is N#Cc1cccc(C2=NC(c3ccc(-n4c5ccccc5c5ccc6c7ccccc7sc6c54)cc3)NC(c3ccccc3)=C2)c1. The quantitative estimate of drug-likeness (QED) is 0.217. The smallest absolute Gasteiger partial charge is 0.145 e. The number of nitriles is 1. The molecule has 6 aromatic carbocycles.